The highest BCUT2D eigenvalue weighted by Crippen LogP contribution is 1.80. The summed E-state index contributed by atoms with van der Waals surface area (Å²) in [5.41, 5.74) is 4.50. The second-order valence-corrected chi connectivity index (χ2v) is 1.59. The second-order valence-electron chi connectivity index (χ2n) is 1.59. The van der Waals surface area contributed by atoms with E-state index in [1.807, 2.05) is 26.0 Å². The lowest BCUT2D eigenvalue weighted by Crippen LogP contribution is -1.99. The quantitative estimate of drug-likeness (QED) is 0.524. The van der Waals surface area contributed by atoms with Crippen molar-refractivity contribution in [1.29, 1.82) is 0 Å². The Morgan fingerprint density at radius 2 is 1.00 bits per heavy atom. The third-order valence-corrected chi connectivity index (χ3v) is 0. The molecule has 0 radical (unpaired) electrons. The van der Waals surface area contributed by atoms with Gasteiger partial charge in [-0.1, -0.05) is 0 Å². The summed E-state index contributed by atoms with van der Waals surface area (Å²) in [4.78, 5) is 2.00. The van der Waals surface area contributed by atoms with Crippen LogP contribution in [0.3, 0.4) is 0 Å². The molecular weight excluding hydrogens is 144 g/mol. The van der Waals surface area contributed by atoms with Crippen LogP contribution in [0.25, 0.3) is 0 Å². The van der Waals surface area contributed by atoms with Gasteiger partial charge in [-0.05, 0) is 28.2 Å². The van der Waals surface area contributed by atoms with Gasteiger partial charge in [0.1, 0.15) is 0 Å². The van der Waals surface area contributed by atoms with Gasteiger partial charge in [0.25, 0.3) is 0 Å². The van der Waals surface area contributed by atoms with E-state index >= 15 is 0 Å². The van der Waals surface area contributed by atoms with E-state index < -0.39 is 7.54 Å². The zero-order chi connectivity index (χ0) is 9.15. The maximum absolute atomic E-state index is 9.67. The Morgan fingerprint density at radius 3 is 1.00 bits per heavy atom. The largest absolute Gasteiger partial charge is 0.762 e. The van der Waals surface area contributed by atoms with Gasteiger partial charge in [-0.2, -0.15) is 0 Å². The first-order valence-electron chi connectivity index (χ1n) is 2.57. The Kier molecular flexibility index (Phi) is 26.1. The molecule has 0 bridgehead atoms. The molecule has 0 aromatic rings. The van der Waals surface area contributed by atoms with E-state index in [4.69, 9.17) is 0 Å². The number of rotatable bonds is 0. The summed E-state index contributed by atoms with van der Waals surface area (Å²) < 4.78 is 29.0. The molecule has 0 saturated carbocycles. The van der Waals surface area contributed by atoms with Crippen molar-refractivity contribution in [2.45, 2.75) is 0 Å². The molecule has 0 aliphatic heterocycles. The van der Waals surface area contributed by atoms with Crippen LogP contribution in [0.15, 0.2) is 0 Å². The minimum Gasteiger partial charge on any atom is -0.333 e. The lowest BCUT2D eigenvalue weighted by atomic mass is 10.5. The van der Waals surface area contributed by atoms with Crippen molar-refractivity contribution in [3.8, 4) is 0 Å². The molecule has 0 heterocycles. The first-order chi connectivity index (χ1) is 4.46. The molecule has 0 rings (SSSR count). The predicted octanol–water partition coefficient (Wildman–Crippen LogP) is 0.632. The van der Waals surface area contributed by atoms with E-state index in [1.54, 1.807) is 0 Å². The van der Waals surface area contributed by atoms with Crippen LogP contribution in [0.1, 0.15) is 0 Å². The Labute approximate surface area is 60.4 Å². The van der Waals surface area contributed by atoms with Gasteiger partial charge in [-0.15, -0.1) is 0 Å². The molecule has 0 aromatic carbocycles. The molecule has 0 unspecified atom stereocenters. The van der Waals surface area contributed by atoms with Crippen molar-refractivity contribution in [2.75, 3.05) is 28.2 Å². The molecule has 64 valence electrons. The van der Waals surface area contributed by atoms with E-state index in [1.165, 1.54) is 7.05 Å². The highest BCUT2D eigenvalue weighted by atomic mass is 19.4. The van der Waals surface area contributed by atoms with Gasteiger partial charge in [0, 0.05) is 0 Å². The van der Waals surface area contributed by atoms with Crippen molar-refractivity contribution in [3.63, 3.8) is 0 Å². The predicted molar refractivity (Wildman–Crippen MR) is 38.8 cm³/mol. The second kappa shape index (κ2) is 15.9. The molecule has 0 saturated heterocycles. The summed E-state index contributed by atoms with van der Waals surface area (Å²) in [6, 6.07) is 0. The number of hydrogen-bond acceptors (Lipinski definition) is 2. The Bertz CT molecular complexity index is 34.0. The fraction of sp³-hybridized carbons (Fsp3) is 1.00. The molecule has 10 heavy (non-hydrogen) atoms. The van der Waals surface area contributed by atoms with E-state index in [0.29, 0.717) is 0 Å². The van der Waals surface area contributed by atoms with E-state index in [-0.39, 0.29) is 0 Å². The zero-order valence-corrected chi connectivity index (χ0v) is 6.74. The fourth-order valence-electron chi connectivity index (χ4n) is 0. The molecule has 0 spiro atoms. The number of nitrogens with zero attached hydrogens (tertiary/aromatic N) is 1. The van der Waals surface area contributed by atoms with E-state index in [9.17, 15) is 12.9 Å². The third-order valence-electron chi connectivity index (χ3n) is 0. The molecule has 0 fully saturated rings. The van der Waals surface area contributed by atoms with Crippen LogP contribution in [0.2, 0.25) is 0 Å². The third kappa shape index (κ3) is 7050. The standard InChI is InChI=1S/C3H9N.CH5N.BF3/c1-4(2)3;1-2;2-1(3)4/h1-3H3;2H2,1H3;. The SMILES string of the molecule is CN.CN(C)C.FB(F)F. The van der Waals surface area contributed by atoms with Crippen molar-refractivity contribution in [1.82, 2.24) is 4.90 Å². The monoisotopic (exact) mass is 158 g/mol. The fourth-order valence-corrected chi connectivity index (χ4v) is 0. The molecule has 0 aliphatic rings. The van der Waals surface area contributed by atoms with Crippen LogP contribution in [-0.2, 0) is 0 Å². The Morgan fingerprint density at radius 1 is 1.00 bits per heavy atom. The normalized spacial score (nSPS) is 6.90. The summed E-state index contributed by atoms with van der Waals surface area (Å²) >= 11 is 0. The maximum atomic E-state index is 9.67. The van der Waals surface area contributed by atoms with Crippen LogP contribution < -0.4 is 5.73 Å². The van der Waals surface area contributed by atoms with Gasteiger partial charge in [0.05, 0.1) is 0 Å². The van der Waals surface area contributed by atoms with Gasteiger partial charge in [-0.3, -0.25) is 12.9 Å². The first-order valence-corrected chi connectivity index (χ1v) is 2.57. The van der Waals surface area contributed by atoms with Crippen molar-refractivity contribution < 1.29 is 12.9 Å². The Hall–Kier alpha value is -0.225. The van der Waals surface area contributed by atoms with Crippen LogP contribution in [-0.4, -0.2) is 40.6 Å². The van der Waals surface area contributed by atoms with Gasteiger partial charge >= 0.3 is 7.54 Å². The van der Waals surface area contributed by atoms with Gasteiger partial charge in [-0.25, -0.2) is 0 Å². The molecule has 2 N–H and O–H groups in total. The highest BCUT2D eigenvalue weighted by molar-refractivity contribution is 6.33. The van der Waals surface area contributed by atoms with Crippen molar-refractivity contribution in [2.24, 2.45) is 5.73 Å². The summed E-state index contributed by atoms with van der Waals surface area (Å²) in [6.07, 6.45) is 0. The van der Waals surface area contributed by atoms with E-state index in [2.05, 4.69) is 5.73 Å². The van der Waals surface area contributed by atoms with Crippen LogP contribution >= 0.6 is 0 Å². The van der Waals surface area contributed by atoms with Crippen LogP contribution in [0, 0.1) is 0 Å². The number of halogens is 3. The minimum atomic E-state index is -3.67. The highest BCUT2D eigenvalue weighted by Gasteiger charge is 2.06. The Balaban J connectivity index is -0.0000000787. The van der Waals surface area contributed by atoms with Gasteiger partial charge in [0.15, 0.2) is 0 Å². The van der Waals surface area contributed by atoms with Crippen molar-refractivity contribution >= 4 is 7.54 Å². The summed E-state index contributed by atoms with van der Waals surface area (Å²) in [6.45, 7) is 0. The van der Waals surface area contributed by atoms with Gasteiger partial charge in [0.2, 0.25) is 0 Å². The number of nitrogens with two attached hydrogens (primary N) is 1. The molecule has 0 atom stereocenters. The summed E-state index contributed by atoms with van der Waals surface area (Å²) in [5.74, 6) is 0. The topological polar surface area (TPSA) is 29.3 Å². The first kappa shape index (κ1) is 16.4. The molecule has 6 heteroatoms. The maximum Gasteiger partial charge on any atom is 0.762 e. The smallest absolute Gasteiger partial charge is 0.333 e. The lowest BCUT2D eigenvalue weighted by molar-refractivity contribution is 0.505. The molecule has 2 nitrogen and oxygen atoms in total. The molecule has 0 aromatic heterocycles. The van der Waals surface area contributed by atoms with E-state index in [0.717, 1.165) is 0 Å². The van der Waals surface area contributed by atoms with Gasteiger partial charge < -0.3 is 10.6 Å². The molecule has 0 aliphatic carbocycles. The summed E-state index contributed by atoms with van der Waals surface area (Å²) in [7, 11) is 3.83. The number of hydrogen-bond donors (Lipinski definition) is 1. The molecular formula is C4H14BF3N2. The van der Waals surface area contributed by atoms with Crippen LogP contribution in [0.5, 0.6) is 0 Å². The minimum absolute atomic E-state index is 1.50. The van der Waals surface area contributed by atoms with Crippen LogP contribution in [0.4, 0.5) is 12.9 Å². The average molecular weight is 158 g/mol. The van der Waals surface area contributed by atoms with Crippen molar-refractivity contribution in [3.05, 3.63) is 0 Å². The molecule has 0 amide bonds. The average Bonchev–Trinajstić information content (AvgIpc) is 1.66. The lowest BCUT2D eigenvalue weighted by Gasteiger charge is -1.90. The zero-order valence-electron chi connectivity index (χ0n) is 6.74. The summed E-state index contributed by atoms with van der Waals surface area (Å²) in [5, 5.41) is 0.